The summed E-state index contributed by atoms with van der Waals surface area (Å²) in [5.41, 5.74) is 7.62. The fourth-order valence-electron chi connectivity index (χ4n) is 2.84. The lowest BCUT2D eigenvalue weighted by Crippen LogP contribution is -2.37. The number of primary amides is 1. The highest BCUT2D eigenvalue weighted by atomic mass is 32.1. The Bertz CT molecular complexity index is 595. The number of hydrogen-bond donors (Lipinski definition) is 1. The summed E-state index contributed by atoms with van der Waals surface area (Å²) in [7, 11) is 0. The normalized spacial score (nSPS) is 19.8. The van der Waals surface area contributed by atoms with Crippen LogP contribution in [0.2, 0.25) is 0 Å². The summed E-state index contributed by atoms with van der Waals surface area (Å²) in [5.74, 6) is 0.192. The molecule has 0 radical (unpaired) electrons. The second-order valence-corrected chi connectivity index (χ2v) is 6.01. The zero-order valence-electron chi connectivity index (χ0n) is 10.7. The highest BCUT2D eigenvalue weighted by molar-refractivity contribution is 7.17. The van der Waals surface area contributed by atoms with Crippen molar-refractivity contribution in [2.24, 2.45) is 11.7 Å². The standard InChI is InChI=1S/C14H17N3OS/c15-13(18)8-10-2-1-6-17(9-10)12-3-5-16-11-4-7-19-14(11)12/h3-5,7,10H,1-2,6,8-9H2,(H2,15,18). The Morgan fingerprint density at radius 2 is 2.42 bits per heavy atom. The quantitative estimate of drug-likeness (QED) is 0.935. The minimum Gasteiger partial charge on any atom is -0.370 e. The van der Waals surface area contributed by atoms with Gasteiger partial charge in [-0.05, 0) is 36.3 Å². The first-order chi connectivity index (χ1) is 9.24. The van der Waals surface area contributed by atoms with E-state index in [2.05, 4.69) is 21.3 Å². The SMILES string of the molecule is NC(=O)CC1CCCN(c2ccnc3ccsc23)C1. The van der Waals surface area contributed by atoms with Crippen LogP contribution in [-0.4, -0.2) is 24.0 Å². The lowest BCUT2D eigenvalue weighted by atomic mass is 9.94. The zero-order valence-corrected chi connectivity index (χ0v) is 11.5. The smallest absolute Gasteiger partial charge is 0.217 e. The molecule has 2 aromatic heterocycles. The number of nitrogens with two attached hydrogens (primary N) is 1. The summed E-state index contributed by atoms with van der Waals surface area (Å²) in [6, 6.07) is 4.12. The van der Waals surface area contributed by atoms with Gasteiger partial charge in [0.25, 0.3) is 0 Å². The molecule has 1 aliphatic rings. The first-order valence-electron chi connectivity index (χ1n) is 6.59. The molecule has 2 aromatic rings. The van der Waals surface area contributed by atoms with Crippen molar-refractivity contribution in [3.8, 4) is 0 Å². The number of carbonyl (C=O) groups is 1. The summed E-state index contributed by atoms with van der Waals surface area (Å²) >= 11 is 1.73. The summed E-state index contributed by atoms with van der Waals surface area (Å²) in [6.45, 7) is 1.96. The van der Waals surface area contributed by atoms with E-state index in [0.29, 0.717) is 12.3 Å². The molecule has 4 nitrogen and oxygen atoms in total. The van der Waals surface area contributed by atoms with Gasteiger partial charge in [-0.2, -0.15) is 0 Å². The van der Waals surface area contributed by atoms with E-state index >= 15 is 0 Å². The van der Waals surface area contributed by atoms with Gasteiger partial charge in [0.2, 0.25) is 5.91 Å². The third kappa shape index (κ3) is 2.56. The summed E-state index contributed by atoms with van der Waals surface area (Å²) < 4.78 is 1.24. The van der Waals surface area contributed by atoms with E-state index in [1.165, 1.54) is 10.4 Å². The first-order valence-corrected chi connectivity index (χ1v) is 7.47. The van der Waals surface area contributed by atoms with Gasteiger partial charge in [0.15, 0.2) is 0 Å². The van der Waals surface area contributed by atoms with E-state index in [4.69, 9.17) is 5.73 Å². The van der Waals surface area contributed by atoms with Crippen LogP contribution < -0.4 is 10.6 Å². The van der Waals surface area contributed by atoms with Crippen LogP contribution in [0.5, 0.6) is 0 Å². The molecule has 100 valence electrons. The molecule has 1 saturated heterocycles. The van der Waals surface area contributed by atoms with Crippen molar-refractivity contribution in [2.75, 3.05) is 18.0 Å². The number of thiophene rings is 1. The van der Waals surface area contributed by atoms with Gasteiger partial charge in [0.05, 0.1) is 15.9 Å². The van der Waals surface area contributed by atoms with Crippen molar-refractivity contribution in [3.63, 3.8) is 0 Å². The van der Waals surface area contributed by atoms with Crippen LogP contribution in [0.3, 0.4) is 0 Å². The maximum absolute atomic E-state index is 11.1. The van der Waals surface area contributed by atoms with Crippen LogP contribution in [0.15, 0.2) is 23.7 Å². The van der Waals surface area contributed by atoms with E-state index < -0.39 is 0 Å². The van der Waals surface area contributed by atoms with Crippen LogP contribution in [0.4, 0.5) is 5.69 Å². The molecule has 0 bridgehead atoms. The number of fused-ring (bicyclic) bond motifs is 1. The van der Waals surface area contributed by atoms with Crippen molar-refractivity contribution in [2.45, 2.75) is 19.3 Å². The Kier molecular flexibility index (Phi) is 3.38. The Labute approximate surface area is 116 Å². The topological polar surface area (TPSA) is 59.2 Å². The maximum atomic E-state index is 11.1. The van der Waals surface area contributed by atoms with E-state index in [1.54, 1.807) is 11.3 Å². The van der Waals surface area contributed by atoms with Gasteiger partial charge in [-0.15, -0.1) is 11.3 Å². The third-order valence-corrected chi connectivity index (χ3v) is 4.60. The number of hydrogen-bond acceptors (Lipinski definition) is 4. The zero-order chi connectivity index (χ0) is 13.2. The van der Waals surface area contributed by atoms with Crippen LogP contribution in [0.25, 0.3) is 10.2 Å². The van der Waals surface area contributed by atoms with Gasteiger partial charge >= 0.3 is 0 Å². The molecule has 19 heavy (non-hydrogen) atoms. The molecule has 0 aliphatic carbocycles. The molecular formula is C14H17N3OS. The molecule has 3 rings (SSSR count). The molecule has 1 amide bonds. The van der Waals surface area contributed by atoms with Gasteiger partial charge in [0.1, 0.15) is 0 Å². The van der Waals surface area contributed by atoms with Crippen LogP contribution in [0.1, 0.15) is 19.3 Å². The molecule has 1 fully saturated rings. The molecule has 0 saturated carbocycles. The van der Waals surface area contributed by atoms with Crippen molar-refractivity contribution in [1.29, 1.82) is 0 Å². The summed E-state index contributed by atoms with van der Waals surface area (Å²) in [5, 5.41) is 2.08. The van der Waals surface area contributed by atoms with Gasteiger partial charge in [-0.25, -0.2) is 0 Å². The van der Waals surface area contributed by atoms with E-state index in [-0.39, 0.29) is 5.91 Å². The van der Waals surface area contributed by atoms with Crippen molar-refractivity contribution < 1.29 is 4.79 Å². The molecule has 0 spiro atoms. The van der Waals surface area contributed by atoms with Gasteiger partial charge < -0.3 is 10.6 Å². The second kappa shape index (κ2) is 5.17. The van der Waals surface area contributed by atoms with E-state index in [1.807, 2.05) is 12.3 Å². The number of carbonyl (C=O) groups excluding carboxylic acids is 1. The minimum atomic E-state index is -0.192. The first kappa shape index (κ1) is 12.4. The van der Waals surface area contributed by atoms with Crippen LogP contribution in [0, 0.1) is 5.92 Å². The number of amides is 1. The Morgan fingerprint density at radius 1 is 1.53 bits per heavy atom. The molecule has 0 aromatic carbocycles. The maximum Gasteiger partial charge on any atom is 0.217 e. The predicted octanol–water partition coefficient (Wildman–Crippen LogP) is 2.39. The number of nitrogens with zero attached hydrogens (tertiary/aromatic N) is 2. The molecule has 3 heterocycles. The van der Waals surface area contributed by atoms with Crippen LogP contribution >= 0.6 is 11.3 Å². The molecular weight excluding hydrogens is 258 g/mol. The van der Waals surface area contributed by atoms with Gasteiger partial charge in [0, 0.05) is 25.7 Å². The Morgan fingerprint density at radius 3 is 3.26 bits per heavy atom. The highest BCUT2D eigenvalue weighted by Gasteiger charge is 2.23. The van der Waals surface area contributed by atoms with Crippen molar-refractivity contribution in [3.05, 3.63) is 23.7 Å². The number of rotatable bonds is 3. The van der Waals surface area contributed by atoms with Crippen molar-refractivity contribution in [1.82, 2.24) is 4.98 Å². The predicted molar refractivity (Wildman–Crippen MR) is 78.4 cm³/mol. The monoisotopic (exact) mass is 275 g/mol. The fourth-order valence-corrected chi connectivity index (χ4v) is 3.74. The fraction of sp³-hybridized carbons (Fsp3) is 0.429. The lowest BCUT2D eigenvalue weighted by molar-refractivity contribution is -0.118. The highest BCUT2D eigenvalue weighted by Crippen LogP contribution is 2.33. The average molecular weight is 275 g/mol. The molecule has 1 aliphatic heterocycles. The number of anilines is 1. The Balaban J connectivity index is 1.85. The third-order valence-electron chi connectivity index (χ3n) is 3.67. The Hall–Kier alpha value is -1.62. The van der Waals surface area contributed by atoms with Gasteiger partial charge in [-0.3, -0.25) is 9.78 Å². The summed E-state index contributed by atoms with van der Waals surface area (Å²) in [6.07, 6.45) is 4.57. The summed E-state index contributed by atoms with van der Waals surface area (Å²) in [4.78, 5) is 17.8. The molecule has 2 N–H and O–H groups in total. The largest absolute Gasteiger partial charge is 0.370 e. The minimum absolute atomic E-state index is 0.192. The van der Waals surface area contributed by atoms with E-state index in [9.17, 15) is 4.79 Å². The lowest BCUT2D eigenvalue weighted by Gasteiger charge is -2.34. The van der Waals surface area contributed by atoms with Gasteiger partial charge in [-0.1, -0.05) is 0 Å². The van der Waals surface area contributed by atoms with Crippen molar-refractivity contribution >= 4 is 33.1 Å². The van der Waals surface area contributed by atoms with Crippen LogP contribution in [-0.2, 0) is 4.79 Å². The number of aromatic nitrogens is 1. The number of piperidine rings is 1. The average Bonchev–Trinajstić information content (AvgIpc) is 2.86. The molecule has 5 heteroatoms. The second-order valence-electron chi connectivity index (χ2n) is 5.09. The number of pyridine rings is 1. The molecule has 1 atom stereocenters. The molecule has 1 unspecified atom stereocenters. The van der Waals surface area contributed by atoms with E-state index in [0.717, 1.165) is 31.4 Å².